The molecule has 0 aliphatic carbocycles. The fourth-order valence-corrected chi connectivity index (χ4v) is 1.52. The lowest BCUT2D eigenvalue weighted by atomic mass is 10.3. The molecule has 17 heavy (non-hydrogen) atoms. The van der Waals surface area contributed by atoms with Crippen LogP contribution in [0.3, 0.4) is 0 Å². The highest BCUT2D eigenvalue weighted by Gasteiger charge is 2.02. The molecule has 0 saturated carbocycles. The third kappa shape index (κ3) is 4.16. The van der Waals surface area contributed by atoms with E-state index < -0.39 is 0 Å². The van der Waals surface area contributed by atoms with E-state index in [1.807, 2.05) is 6.92 Å². The van der Waals surface area contributed by atoms with Gasteiger partial charge in [0.05, 0.1) is 6.61 Å². The fourth-order valence-electron chi connectivity index (χ4n) is 1.52. The van der Waals surface area contributed by atoms with Gasteiger partial charge in [0.1, 0.15) is 0 Å². The van der Waals surface area contributed by atoms with Gasteiger partial charge in [0.15, 0.2) is 0 Å². The van der Waals surface area contributed by atoms with Gasteiger partial charge in [-0.25, -0.2) is 4.79 Å². The maximum Gasteiger partial charge on any atom is 0.328 e. The molecule has 6 nitrogen and oxygen atoms in total. The Hall–Kier alpha value is -1.40. The van der Waals surface area contributed by atoms with Crippen LogP contribution in [0.2, 0.25) is 0 Å². The van der Waals surface area contributed by atoms with Crippen LogP contribution >= 0.6 is 0 Å². The average molecular weight is 241 g/mol. The molecule has 0 aromatic carbocycles. The van der Waals surface area contributed by atoms with E-state index in [0.717, 1.165) is 0 Å². The molecule has 0 radical (unpaired) electrons. The molecule has 0 fully saturated rings. The van der Waals surface area contributed by atoms with E-state index >= 15 is 0 Å². The lowest BCUT2D eigenvalue weighted by molar-refractivity contribution is 0.172. The normalized spacial score (nSPS) is 12.6. The van der Waals surface area contributed by atoms with E-state index in [0.29, 0.717) is 25.3 Å². The van der Waals surface area contributed by atoms with Crippen molar-refractivity contribution in [1.29, 1.82) is 0 Å². The van der Waals surface area contributed by atoms with E-state index in [-0.39, 0.29) is 17.3 Å². The molecular formula is C11H19N3O3. The Morgan fingerprint density at radius 3 is 2.88 bits per heavy atom. The van der Waals surface area contributed by atoms with Crippen LogP contribution in [0.25, 0.3) is 0 Å². The monoisotopic (exact) mass is 241 g/mol. The summed E-state index contributed by atoms with van der Waals surface area (Å²) in [5.74, 6) is 0. The Kier molecular flexibility index (Phi) is 5.11. The van der Waals surface area contributed by atoms with Gasteiger partial charge in [-0.2, -0.15) is 0 Å². The molecule has 1 unspecified atom stereocenters. The van der Waals surface area contributed by atoms with Crippen LogP contribution in [0.5, 0.6) is 0 Å². The SMILES string of the molecule is COCC(C)NCCn1cc(C)c(=O)[nH]c1=O. The number of hydrogen-bond donors (Lipinski definition) is 2. The summed E-state index contributed by atoms with van der Waals surface area (Å²) < 4.78 is 6.48. The maximum atomic E-state index is 11.4. The van der Waals surface area contributed by atoms with Crippen molar-refractivity contribution in [1.82, 2.24) is 14.9 Å². The van der Waals surface area contributed by atoms with Gasteiger partial charge in [-0.3, -0.25) is 14.3 Å². The number of nitrogens with zero attached hydrogens (tertiary/aromatic N) is 1. The van der Waals surface area contributed by atoms with Gasteiger partial charge in [-0.05, 0) is 13.8 Å². The van der Waals surface area contributed by atoms with Crippen LogP contribution in [0.1, 0.15) is 12.5 Å². The minimum absolute atomic E-state index is 0.236. The fraction of sp³-hybridized carbons (Fsp3) is 0.636. The van der Waals surface area contributed by atoms with Crippen LogP contribution in [0.4, 0.5) is 0 Å². The predicted octanol–water partition coefficient (Wildman–Crippen LogP) is -0.530. The molecule has 0 amide bonds. The van der Waals surface area contributed by atoms with Crippen LogP contribution in [-0.2, 0) is 11.3 Å². The number of aromatic amines is 1. The quantitative estimate of drug-likeness (QED) is 0.702. The Morgan fingerprint density at radius 1 is 1.53 bits per heavy atom. The van der Waals surface area contributed by atoms with Gasteiger partial charge in [0, 0.05) is 38.0 Å². The number of ether oxygens (including phenoxy) is 1. The molecule has 6 heteroatoms. The number of H-pyrrole nitrogens is 1. The highest BCUT2D eigenvalue weighted by Crippen LogP contribution is 1.85. The van der Waals surface area contributed by atoms with Gasteiger partial charge >= 0.3 is 5.69 Å². The molecule has 1 heterocycles. The predicted molar refractivity (Wildman–Crippen MR) is 65.4 cm³/mol. The molecule has 0 aliphatic rings. The summed E-state index contributed by atoms with van der Waals surface area (Å²) in [6, 6.07) is 0.236. The second-order valence-corrected chi connectivity index (χ2v) is 4.08. The molecule has 1 atom stereocenters. The number of hydrogen-bond acceptors (Lipinski definition) is 4. The molecular weight excluding hydrogens is 222 g/mol. The van der Waals surface area contributed by atoms with E-state index in [2.05, 4.69) is 10.3 Å². The minimum Gasteiger partial charge on any atom is -0.383 e. The molecule has 0 saturated heterocycles. The molecule has 0 aliphatic heterocycles. The van der Waals surface area contributed by atoms with Crippen molar-refractivity contribution in [3.8, 4) is 0 Å². The molecule has 1 aromatic heterocycles. The average Bonchev–Trinajstić information content (AvgIpc) is 2.26. The third-order valence-electron chi connectivity index (χ3n) is 2.45. The van der Waals surface area contributed by atoms with Crippen molar-refractivity contribution in [3.05, 3.63) is 32.6 Å². The number of nitrogens with one attached hydrogen (secondary N) is 2. The first kappa shape index (κ1) is 13.7. The van der Waals surface area contributed by atoms with E-state index in [1.54, 1.807) is 20.2 Å². The van der Waals surface area contributed by atoms with Crippen molar-refractivity contribution in [3.63, 3.8) is 0 Å². The first-order valence-electron chi connectivity index (χ1n) is 5.57. The highest BCUT2D eigenvalue weighted by atomic mass is 16.5. The first-order chi connectivity index (χ1) is 8.04. The number of aryl methyl sites for hydroxylation is 1. The zero-order valence-corrected chi connectivity index (χ0v) is 10.4. The standard InChI is InChI=1S/C11H19N3O3/c1-8-6-14(11(16)13-10(8)15)5-4-12-9(2)7-17-3/h6,9,12H,4-5,7H2,1-3H3,(H,13,15,16). The second-order valence-electron chi connectivity index (χ2n) is 4.08. The minimum atomic E-state index is -0.373. The van der Waals surface area contributed by atoms with Crippen LogP contribution in [0, 0.1) is 6.92 Å². The molecule has 0 bridgehead atoms. The first-order valence-corrected chi connectivity index (χ1v) is 5.57. The van der Waals surface area contributed by atoms with Crippen LogP contribution < -0.4 is 16.6 Å². The Labute approximate surface area is 99.6 Å². The van der Waals surface area contributed by atoms with Crippen molar-refractivity contribution >= 4 is 0 Å². The number of rotatable bonds is 6. The van der Waals surface area contributed by atoms with Crippen molar-refractivity contribution in [2.75, 3.05) is 20.3 Å². The Morgan fingerprint density at radius 2 is 2.24 bits per heavy atom. The van der Waals surface area contributed by atoms with Gasteiger partial charge in [-0.1, -0.05) is 0 Å². The largest absolute Gasteiger partial charge is 0.383 e. The summed E-state index contributed by atoms with van der Waals surface area (Å²) in [6.45, 7) is 5.47. The summed E-state index contributed by atoms with van der Waals surface area (Å²) in [5, 5.41) is 3.22. The van der Waals surface area contributed by atoms with Crippen molar-refractivity contribution < 1.29 is 4.74 Å². The summed E-state index contributed by atoms with van der Waals surface area (Å²) in [7, 11) is 1.65. The summed E-state index contributed by atoms with van der Waals surface area (Å²) in [4.78, 5) is 24.9. The third-order valence-corrected chi connectivity index (χ3v) is 2.45. The van der Waals surface area contributed by atoms with Gasteiger partial charge in [-0.15, -0.1) is 0 Å². The summed E-state index contributed by atoms with van der Waals surface area (Å²) >= 11 is 0. The number of methoxy groups -OCH3 is 1. The highest BCUT2D eigenvalue weighted by molar-refractivity contribution is 5.00. The van der Waals surface area contributed by atoms with Crippen LogP contribution in [0.15, 0.2) is 15.8 Å². The second kappa shape index (κ2) is 6.36. The lowest BCUT2D eigenvalue weighted by Gasteiger charge is -2.13. The summed E-state index contributed by atoms with van der Waals surface area (Å²) in [6.07, 6.45) is 1.57. The Balaban J connectivity index is 2.55. The summed E-state index contributed by atoms with van der Waals surface area (Å²) in [5.41, 5.74) is -0.164. The molecule has 96 valence electrons. The van der Waals surface area contributed by atoms with E-state index in [1.165, 1.54) is 4.57 Å². The van der Waals surface area contributed by atoms with Gasteiger partial charge in [0.25, 0.3) is 5.56 Å². The molecule has 1 rings (SSSR count). The van der Waals surface area contributed by atoms with E-state index in [4.69, 9.17) is 4.74 Å². The van der Waals surface area contributed by atoms with Gasteiger partial charge in [0.2, 0.25) is 0 Å². The van der Waals surface area contributed by atoms with Crippen molar-refractivity contribution in [2.45, 2.75) is 26.4 Å². The molecule has 1 aromatic rings. The smallest absolute Gasteiger partial charge is 0.328 e. The lowest BCUT2D eigenvalue weighted by Crippen LogP contribution is -2.37. The van der Waals surface area contributed by atoms with Crippen LogP contribution in [-0.4, -0.2) is 35.9 Å². The Bertz CT molecular complexity index is 464. The topological polar surface area (TPSA) is 76.1 Å². The zero-order valence-electron chi connectivity index (χ0n) is 10.4. The van der Waals surface area contributed by atoms with Crippen molar-refractivity contribution in [2.24, 2.45) is 0 Å². The maximum absolute atomic E-state index is 11.4. The van der Waals surface area contributed by atoms with Gasteiger partial charge < -0.3 is 10.1 Å². The molecule has 2 N–H and O–H groups in total. The van der Waals surface area contributed by atoms with E-state index in [9.17, 15) is 9.59 Å². The number of aromatic nitrogens is 2. The zero-order chi connectivity index (χ0) is 12.8. The molecule has 0 spiro atoms.